The van der Waals surface area contributed by atoms with Gasteiger partial charge in [0.15, 0.2) is 0 Å². The minimum Gasteiger partial charge on any atom is -0.369 e. The average molecular weight is 269 g/mol. The zero-order chi connectivity index (χ0) is 14.3. The molecule has 0 saturated carbocycles. The Morgan fingerprint density at radius 2 is 1.85 bits per heavy atom. The van der Waals surface area contributed by atoms with Crippen LogP contribution in [0.2, 0.25) is 0 Å². The molecular weight excluding hydrogens is 253 g/mol. The molecule has 20 heavy (non-hydrogen) atoms. The van der Waals surface area contributed by atoms with Gasteiger partial charge in [-0.2, -0.15) is 0 Å². The number of nitrogens with zero attached hydrogens (tertiary/aromatic N) is 2. The van der Waals surface area contributed by atoms with Crippen molar-refractivity contribution in [1.82, 2.24) is 9.55 Å². The number of benzene rings is 2. The number of hydrogen-bond acceptors (Lipinski definition) is 2. The van der Waals surface area contributed by atoms with Crippen LogP contribution in [-0.2, 0) is 0 Å². The van der Waals surface area contributed by atoms with Crippen molar-refractivity contribution in [3.63, 3.8) is 0 Å². The van der Waals surface area contributed by atoms with Gasteiger partial charge < -0.3 is 10.3 Å². The number of aryl methyl sites for hydroxylation is 1. The molecular formula is C16H16FN3. The molecule has 0 aliphatic heterocycles. The molecule has 1 heterocycles. The Morgan fingerprint density at radius 3 is 2.55 bits per heavy atom. The second-order valence-corrected chi connectivity index (χ2v) is 5.06. The summed E-state index contributed by atoms with van der Waals surface area (Å²) in [7, 11) is 0. The van der Waals surface area contributed by atoms with E-state index < -0.39 is 0 Å². The maximum absolute atomic E-state index is 13.5. The van der Waals surface area contributed by atoms with E-state index in [2.05, 4.69) is 29.2 Å². The van der Waals surface area contributed by atoms with E-state index in [1.54, 1.807) is 6.07 Å². The van der Waals surface area contributed by atoms with Crippen molar-refractivity contribution in [2.24, 2.45) is 0 Å². The van der Waals surface area contributed by atoms with E-state index in [1.165, 1.54) is 17.7 Å². The fourth-order valence-electron chi connectivity index (χ4n) is 2.49. The quantitative estimate of drug-likeness (QED) is 0.771. The molecule has 3 rings (SSSR count). The second-order valence-electron chi connectivity index (χ2n) is 5.06. The molecule has 0 aliphatic rings. The number of rotatable bonds is 2. The third-order valence-electron chi connectivity index (χ3n) is 3.63. The Hall–Kier alpha value is -2.36. The van der Waals surface area contributed by atoms with Crippen molar-refractivity contribution >= 4 is 17.0 Å². The lowest BCUT2D eigenvalue weighted by Gasteiger charge is -2.16. The monoisotopic (exact) mass is 269 g/mol. The van der Waals surface area contributed by atoms with Crippen LogP contribution in [0.1, 0.15) is 24.1 Å². The van der Waals surface area contributed by atoms with Gasteiger partial charge in [0.1, 0.15) is 5.82 Å². The fourth-order valence-corrected chi connectivity index (χ4v) is 2.49. The summed E-state index contributed by atoms with van der Waals surface area (Å²) in [5, 5.41) is 0. The largest absolute Gasteiger partial charge is 0.369 e. The fraction of sp³-hybridized carbons (Fsp3) is 0.188. The molecule has 2 aromatic carbocycles. The van der Waals surface area contributed by atoms with Crippen LogP contribution in [0.4, 0.5) is 10.3 Å². The van der Waals surface area contributed by atoms with Crippen molar-refractivity contribution < 1.29 is 4.39 Å². The van der Waals surface area contributed by atoms with Gasteiger partial charge in [-0.05, 0) is 37.6 Å². The molecule has 1 unspecified atom stereocenters. The van der Waals surface area contributed by atoms with Crippen LogP contribution in [0, 0.1) is 12.7 Å². The first kappa shape index (κ1) is 12.7. The zero-order valence-electron chi connectivity index (χ0n) is 11.5. The van der Waals surface area contributed by atoms with Crippen LogP contribution < -0.4 is 5.73 Å². The van der Waals surface area contributed by atoms with Gasteiger partial charge in [0.05, 0.1) is 17.1 Å². The summed E-state index contributed by atoms with van der Waals surface area (Å²) in [6.45, 7) is 4.08. The van der Waals surface area contributed by atoms with E-state index >= 15 is 0 Å². The first-order valence-electron chi connectivity index (χ1n) is 6.56. The molecule has 0 bridgehead atoms. The summed E-state index contributed by atoms with van der Waals surface area (Å²) in [5.74, 6) is 0.119. The van der Waals surface area contributed by atoms with Gasteiger partial charge >= 0.3 is 0 Å². The van der Waals surface area contributed by atoms with Crippen molar-refractivity contribution in [3.05, 3.63) is 59.4 Å². The molecule has 0 spiro atoms. The maximum Gasteiger partial charge on any atom is 0.201 e. The van der Waals surface area contributed by atoms with Crippen LogP contribution >= 0.6 is 0 Å². The summed E-state index contributed by atoms with van der Waals surface area (Å²) in [4.78, 5) is 4.29. The van der Waals surface area contributed by atoms with Crippen LogP contribution in [0.5, 0.6) is 0 Å². The number of imidazole rings is 1. The topological polar surface area (TPSA) is 43.8 Å². The number of aromatic nitrogens is 2. The molecule has 3 nitrogen and oxygen atoms in total. The molecule has 3 aromatic rings. The van der Waals surface area contributed by atoms with Crippen LogP contribution in [0.25, 0.3) is 11.0 Å². The Morgan fingerprint density at radius 1 is 1.15 bits per heavy atom. The zero-order valence-corrected chi connectivity index (χ0v) is 11.5. The Bertz CT molecular complexity index is 759. The first-order valence-corrected chi connectivity index (χ1v) is 6.56. The Labute approximate surface area is 116 Å². The smallest absolute Gasteiger partial charge is 0.201 e. The number of nitrogens with two attached hydrogens (primary N) is 1. The molecule has 4 heteroatoms. The van der Waals surface area contributed by atoms with E-state index in [9.17, 15) is 4.39 Å². The van der Waals surface area contributed by atoms with Crippen molar-refractivity contribution in [2.75, 3.05) is 5.73 Å². The van der Waals surface area contributed by atoms with Crippen LogP contribution in [0.15, 0.2) is 42.5 Å². The molecule has 2 N–H and O–H groups in total. The van der Waals surface area contributed by atoms with E-state index in [-0.39, 0.29) is 11.9 Å². The van der Waals surface area contributed by atoms with E-state index in [0.717, 1.165) is 11.1 Å². The first-order chi connectivity index (χ1) is 9.56. The normalized spacial score (nSPS) is 12.8. The molecule has 1 atom stereocenters. The molecule has 0 fully saturated rings. The van der Waals surface area contributed by atoms with Crippen molar-refractivity contribution in [1.29, 1.82) is 0 Å². The van der Waals surface area contributed by atoms with E-state index in [1.807, 2.05) is 18.4 Å². The lowest BCUT2D eigenvalue weighted by atomic mass is 10.1. The van der Waals surface area contributed by atoms with Gasteiger partial charge in [-0.25, -0.2) is 9.37 Å². The lowest BCUT2D eigenvalue weighted by Crippen LogP contribution is -2.10. The predicted molar refractivity (Wildman–Crippen MR) is 79.1 cm³/mol. The summed E-state index contributed by atoms with van der Waals surface area (Å²) in [6.07, 6.45) is 0. The van der Waals surface area contributed by atoms with E-state index in [0.29, 0.717) is 11.5 Å². The summed E-state index contributed by atoms with van der Waals surface area (Å²) < 4.78 is 15.3. The molecule has 102 valence electrons. The van der Waals surface area contributed by atoms with Gasteiger partial charge in [0, 0.05) is 0 Å². The highest BCUT2D eigenvalue weighted by atomic mass is 19.1. The molecule has 0 radical (unpaired) electrons. The molecule has 0 amide bonds. The minimum absolute atomic E-state index is 0.00222. The van der Waals surface area contributed by atoms with Gasteiger partial charge in [-0.1, -0.05) is 29.8 Å². The van der Waals surface area contributed by atoms with Crippen molar-refractivity contribution in [3.8, 4) is 0 Å². The third-order valence-corrected chi connectivity index (χ3v) is 3.63. The van der Waals surface area contributed by atoms with Crippen molar-refractivity contribution in [2.45, 2.75) is 19.9 Å². The SMILES string of the molecule is Cc1ccc(C(C)n2c(N)nc3ccc(F)cc32)cc1. The lowest BCUT2D eigenvalue weighted by molar-refractivity contribution is 0.625. The van der Waals surface area contributed by atoms with E-state index in [4.69, 9.17) is 5.73 Å². The summed E-state index contributed by atoms with van der Waals surface area (Å²) in [5.41, 5.74) is 9.75. The maximum atomic E-state index is 13.5. The average Bonchev–Trinajstić information content (AvgIpc) is 2.74. The predicted octanol–water partition coefficient (Wildman–Crippen LogP) is 3.68. The highest BCUT2D eigenvalue weighted by molar-refractivity contribution is 5.78. The standard InChI is InChI=1S/C16H16FN3/c1-10-3-5-12(6-4-10)11(2)20-15-9-13(17)7-8-14(15)19-16(20)18/h3-9,11H,1-2H3,(H2,18,19). The number of halogens is 1. The Kier molecular flexibility index (Phi) is 2.93. The van der Waals surface area contributed by atoms with Gasteiger partial charge in [0.25, 0.3) is 0 Å². The number of nitrogen functional groups attached to an aromatic ring is 1. The molecule has 0 saturated heterocycles. The number of fused-ring (bicyclic) bond motifs is 1. The molecule has 0 aliphatic carbocycles. The van der Waals surface area contributed by atoms with Gasteiger partial charge in [-0.15, -0.1) is 0 Å². The van der Waals surface area contributed by atoms with Crippen LogP contribution in [-0.4, -0.2) is 9.55 Å². The molecule has 1 aromatic heterocycles. The summed E-state index contributed by atoms with van der Waals surface area (Å²) >= 11 is 0. The third kappa shape index (κ3) is 2.03. The van der Waals surface area contributed by atoms with Gasteiger partial charge in [0.2, 0.25) is 5.95 Å². The number of anilines is 1. The second kappa shape index (κ2) is 4.63. The highest BCUT2D eigenvalue weighted by Gasteiger charge is 2.16. The van der Waals surface area contributed by atoms with Gasteiger partial charge in [-0.3, -0.25) is 0 Å². The summed E-state index contributed by atoms with van der Waals surface area (Å²) in [6, 6.07) is 12.8. The van der Waals surface area contributed by atoms with Crippen LogP contribution in [0.3, 0.4) is 0 Å². The highest BCUT2D eigenvalue weighted by Crippen LogP contribution is 2.27. The Balaban J connectivity index is 2.15. The minimum atomic E-state index is -0.283. The number of hydrogen-bond donors (Lipinski definition) is 1.